The highest BCUT2D eigenvalue weighted by Gasteiger charge is 2.23. The summed E-state index contributed by atoms with van der Waals surface area (Å²) >= 11 is 0. The molecule has 1 saturated heterocycles. The molecule has 2 heterocycles. The lowest BCUT2D eigenvalue weighted by molar-refractivity contribution is 0.183. The van der Waals surface area contributed by atoms with Gasteiger partial charge in [0.25, 0.3) is 5.56 Å². The van der Waals surface area contributed by atoms with Crippen molar-refractivity contribution in [2.75, 3.05) is 33.5 Å². The second-order valence-electron chi connectivity index (χ2n) is 6.37. The van der Waals surface area contributed by atoms with Gasteiger partial charge in [0.2, 0.25) is 0 Å². The van der Waals surface area contributed by atoms with Crippen molar-refractivity contribution in [3.8, 4) is 0 Å². The minimum absolute atomic E-state index is 0.0883. The third kappa shape index (κ3) is 3.59. The average molecular weight is 306 g/mol. The Bertz CT molecular complexity index is 549. The van der Waals surface area contributed by atoms with E-state index in [2.05, 4.69) is 5.32 Å². The Hall–Kier alpha value is -1.17. The Morgan fingerprint density at radius 1 is 1.41 bits per heavy atom. The fraction of sp³-hybridized carbons (Fsp3) is 0.706. The first-order valence-corrected chi connectivity index (χ1v) is 8.29. The van der Waals surface area contributed by atoms with Crippen molar-refractivity contribution in [2.45, 2.75) is 38.3 Å². The van der Waals surface area contributed by atoms with Crippen molar-refractivity contribution in [2.24, 2.45) is 5.92 Å². The predicted octanol–water partition coefficient (Wildman–Crippen LogP) is 0.978. The Morgan fingerprint density at radius 3 is 3.09 bits per heavy atom. The van der Waals surface area contributed by atoms with Crippen LogP contribution in [0.15, 0.2) is 16.9 Å². The van der Waals surface area contributed by atoms with E-state index in [0.29, 0.717) is 25.1 Å². The summed E-state index contributed by atoms with van der Waals surface area (Å²) in [5.41, 5.74) is 2.60. The smallest absolute Gasteiger partial charge is 0.250 e. The lowest BCUT2D eigenvalue weighted by Gasteiger charge is -2.28. The van der Waals surface area contributed by atoms with E-state index in [4.69, 9.17) is 9.47 Å². The standard InChI is InChI=1S/C17H26N2O3/c1-21-9-7-19-16-4-3-15(10-14(16)2-5-17(19)20)18-11-13-6-8-22-12-13/h2,5,13,15,18H,3-4,6-12H2,1H3/t13-,15+/m0/s1. The third-order valence-electron chi connectivity index (χ3n) is 4.82. The van der Waals surface area contributed by atoms with Gasteiger partial charge in [-0.3, -0.25) is 4.79 Å². The van der Waals surface area contributed by atoms with Gasteiger partial charge in [-0.15, -0.1) is 0 Å². The quantitative estimate of drug-likeness (QED) is 0.851. The molecule has 3 rings (SSSR count). The van der Waals surface area contributed by atoms with Gasteiger partial charge in [0.05, 0.1) is 13.2 Å². The summed E-state index contributed by atoms with van der Waals surface area (Å²) in [7, 11) is 1.67. The first-order valence-electron chi connectivity index (χ1n) is 8.29. The molecule has 1 aromatic heterocycles. The first kappa shape index (κ1) is 15.7. The van der Waals surface area contributed by atoms with Crippen molar-refractivity contribution in [1.29, 1.82) is 0 Å². The van der Waals surface area contributed by atoms with Crippen LogP contribution in [0.4, 0.5) is 0 Å². The zero-order valence-electron chi connectivity index (χ0n) is 13.3. The molecule has 0 spiro atoms. The maximum Gasteiger partial charge on any atom is 0.250 e. The Balaban J connectivity index is 1.63. The number of methoxy groups -OCH3 is 1. The molecule has 5 nitrogen and oxygen atoms in total. The fourth-order valence-electron chi connectivity index (χ4n) is 3.50. The third-order valence-corrected chi connectivity index (χ3v) is 4.82. The molecule has 22 heavy (non-hydrogen) atoms. The fourth-order valence-corrected chi connectivity index (χ4v) is 3.50. The van der Waals surface area contributed by atoms with Crippen LogP contribution < -0.4 is 10.9 Å². The van der Waals surface area contributed by atoms with Crippen molar-refractivity contribution >= 4 is 0 Å². The number of aromatic nitrogens is 1. The molecule has 1 aliphatic carbocycles. The first-order chi connectivity index (χ1) is 10.8. The zero-order chi connectivity index (χ0) is 15.4. The van der Waals surface area contributed by atoms with Gasteiger partial charge in [-0.2, -0.15) is 0 Å². The molecule has 5 heteroatoms. The van der Waals surface area contributed by atoms with Gasteiger partial charge in [-0.05, 0) is 37.2 Å². The lowest BCUT2D eigenvalue weighted by atomic mass is 9.91. The number of pyridine rings is 1. The van der Waals surface area contributed by atoms with Crippen LogP contribution in [-0.2, 0) is 28.9 Å². The highest BCUT2D eigenvalue weighted by atomic mass is 16.5. The summed E-state index contributed by atoms with van der Waals surface area (Å²) in [5, 5.41) is 3.69. The molecule has 2 atom stereocenters. The van der Waals surface area contributed by atoms with E-state index in [0.717, 1.165) is 39.0 Å². The van der Waals surface area contributed by atoms with Gasteiger partial charge < -0.3 is 19.4 Å². The topological polar surface area (TPSA) is 52.5 Å². The average Bonchev–Trinajstić information content (AvgIpc) is 3.05. The van der Waals surface area contributed by atoms with Crippen molar-refractivity contribution < 1.29 is 9.47 Å². The summed E-state index contributed by atoms with van der Waals surface area (Å²) < 4.78 is 12.4. The predicted molar refractivity (Wildman–Crippen MR) is 85.3 cm³/mol. The maximum absolute atomic E-state index is 12.1. The highest BCUT2D eigenvalue weighted by molar-refractivity contribution is 5.25. The van der Waals surface area contributed by atoms with Crippen molar-refractivity contribution in [3.63, 3.8) is 0 Å². The van der Waals surface area contributed by atoms with Gasteiger partial charge >= 0.3 is 0 Å². The molecule has 122 valence electrons. The van der Waals surface area contributed by atoms with E-state index in [9.17, 15) is 4.79 Å². The maximum atomic E-state index is 12.1. The summed E-state index contributed by atoms with van der Waals surface area (Å²) in [6.45, 7) is 4.08. The lowest BCUT2D eigenvalue weighted by Crippen LogP contribution is -2.39. The molecule has 0 bridgehead atoms. The summed E-state index contributed by atoms with van der Waals surface area (Å²) in [4.78, 5) is 12.1. The molecule has 0 unspecified atom stereocenters. The molecule has 0 aromatic carbocycles. The molecular weight excluding hydrogens is 280 g/mol. The minimum atomic E-state index is 0.0883. The number of ether oxygens (including phenoxy) is 2. The van der Waals surface area contributed by atoms with Crippen molar-refractivity contribution in [3.05, 3.63) is 33.7 Å². The van der Waals surface area contributed by atoms with Gasteiger partial charge in [-0.25, -0.2) is 0 Å². The van der Waals surface area contributed by atoms with Crippen LogP contribution in [0, 0.1) is 5.92 Å². The van der Waals surface area contributed by atoms with Gasteiger partial charge in [0.1, 0.15) is 0 Å². The van der Waals surface area contributed by atoms with E-state index in [-0.39, 0.29) is 5.56 Å². The Labute approximate surface area is 131 Å². The van der Waals surface area contributed by atoms with Gasteiger partial charge in [-0.1, -0.05) is 6.07 Å². The molecule has 1 fully saturated rings. The number of fused-ring (bicyclic) bond motifs is 1. The molecule has 1 N–H and O–H groups in total. The van der Waals surface area contributed by atoms with Gasteiger partial charge in [0.15, 0.2) is 0 Å². The normalized spacial score (nSPS) is 24.4. The van der Waals surface area contributed by atoms with Crippen LogP contribution in [0.2, 0.25) is 0 Å². The van der Waals surface area contributed by atoms with E-state index in [1.807, 2.05) is 10.6 Å². The molecule has 0 saturated carbocycles. The molecule has 1 aromatic rings. The molecular formula is C17H26N2O3. The van der Waals surface area contributed by atoms with E-state index in [1.54, 1.807) is 13.2 Å². The molecule has 1 aliphatic heterocycles. The van der Waals surface area contributed by atoms with Crippen LogP contribution in [-0.4, -0.2) is 44.1 Å². The van der Waals surface area contributed by atoms with Crippen LogP contribution in [0.3, 0.4) is 0 Å². The number of nitrogens with one attached hydrogen (secondary N) is 1. The Morgan fingerprint density at radius 2 is 2.32 bits per heavy atom. The minimum Gasteiger partial charge on any atom is -0.383 e. The summed E-state index contributed by atoms with van der Waals surface area (Å²) in [6.07, 6.45) is 4.24. The molecule has 0 radical (unpaired) electrons. The SMILES string of the molecule is COCCn1c2c(ccc1=O)C[C@H](NC[C@@H]1CCOC1)CC2. The van der Waals surface area contributed by atoms with Crippen LogP contribution >= 0.6 is 0 Å². The largest absolute Gasteiger partial charge is 0.383 e. The van der Waals surface area contributed by atoms with Gasteiger partial charge in [0, 0.05) is 44.6 Å². The van der Waals surface area contributed by atoms with Crippen LogP contribution in [0.1, 0.15) is 24.1 Å². The number of hydrogen-bond donors (Lipinski definition) is 1. The second-order valence-corrected chi connectivity index (χ2v) is 6.37. The highest BCUT2D eigenvalue weighted by Crippen LogP contribution is 2.21. The summed E-state index contributed by atoms with van der Waals surface area (Å²) in [6, 6.07) is 4.22. The monoisotopic (exact) mass is 306 g/mol. The Kier molecular flexibility index (Phi) is 5.28. The molecule has 2 aliphatic rings. The molecule has 0 amide bonds. The summed E-state index contributed by atoms with van der Waals surface area (Å²) in [5.74, 6) is 0.664. The zero-order valence-corrected chi connectivity index (χ0v) is 13.3. The number of hydrogen-bond acceptors (Lipinski definition) is 4. The van der Waals surface area contributed by atoms with Crippen LogP contribution in [0.5, 0.6) is 0 Å². The van der Waals surface area contributed by atoms with Crippen LogP contribution in [0.25, 0.3) is 0 Å². The second kappa shape index (κ2) is 7.40. The van der Waals surface area contributed by atoms with E-state index < -0.39 is 0 Å². The number of nitrogens with zero attached hydrogens (tertiary/aromatic N) is 1. The van der Waals surface area contributed by atoms with Crippen molar-refractivity contribution in [1.82, 2.24) is 9.88 Å². The number of rotatable bonds is 6. The van der Waals surface area contributed by atoms with E-state index in [1.165, 1.54) is 17.7 Å². The van der Waals surface area contributed by atoms with E-state index >= 15 is 0 Å².